The second-order valence-electron chi connectivity index (χ2n) is 4.40. The first-order chi connectivity index (χ1) is 8.74. The van der Waals surface area contributed by atoms with E-state index in [2.05, 4.69) is 15.5 Å². The maximum absolute atomic E-state index is 11.7. The molecule has 18 heavy (non-hydrogen) atoms. The Morgan fingerprint density at radius 1 is 1.72 bits per heavy atom. The number of amides is 1. The van der Waals surface area contributed by atoms with Crippen molar-refractivity contribution in [2.75, 3.05) is 12.4 Å². The molecule has 0 radical (unpaired) electrons. The molecule has 1 aromatic rings. The Morgan fingerprint density at radius 3 is 3.11 bits per heavy atom. The molecule has 1 saturated carbocycles. The predicted octanol–water partition coefficient (Wildman–Crippen LogP) is 0.592. The smallest absolute Gasteiger partial charge is 0.230 e. The molecular weight excluding hydrogens is 252 g/mol. The van der Waals surface area contributed by atoms with Gasteiger partial charge < -0.3 is 15.0 Å². The number of thioether (sulfide) groups is 1. The maximum atomic E-state index is 11.7. The van der Waals surface area contributed by atoms with Crippen molar-refractivity contribution in [2.45, 2.75) is 43.4 Å². The second kappa shape index (κ2) is 6.19. The monoisotopic (exact) mass is 270 g/mol. The number of carbonyl (C=O) groups is 1. The van der Waals surface area contributed by atoms with E-state index in [0.717, 1.165) is 11.6 Å². The Labute approximate surface area is 110 Å². The van der Waals surface area contributed by atoms with E-state index in [9.17, 15) is 4.79 Å². The average molecular weight is 270 g/mol. The summed E-state index contributed by atoms with van der Waals surface area (Å²) >= 11 is 1.39. The minimum atomic E-state index is -0.153. The van der Waals surface area contributed by atoms with E-state index in [1.54, 1.807) is 6.33 Å². The van der Waals surface area contributed by atoms with E-state index in [1.165, 1.54) is 24.6 Å². The predicted molar refractivity (Wildman–Crippen MR) is 68.3 cm³/mol. The summed E-state index contributed by atoms with van der Waals surface area (Å²) in [6.45, 7) is 1.91. The van der Waals surface area contributed by atoms with Crippen molar-refractivity contribution in [3.8, 4) is 0 Å². The van der Waals surface area contributed by atoms with Crippen LogP contribution in [0.25, 0.3) is 0 Å². The third-order valence-electron chi connectivity index (χ3n) is 2.89. The van der Waals surface area contributed by atoms with Crippen molar-refractivity contribution in [2.24, 2.45) is 0 Å². The van der Waals surface area contributed by atoms with E-state index in [-0.39, 0.29) is 18.6 Å². The first-order valence-electron chi connectivity index (χ1n) is 6.17. The molecule has 0 aliphatic heterocycles. The van der Waals surface area contributed by atoms with Crippen LogP contribution in [0.5, 0.6) is 0 Å². The first kappa shape index (κ1) is 13.4. The van der Waals surface area contributed by atoms with E-state index >= 15 is 0 Å². The third-order valence-corrected chi connectivity index (χ3v) is 3.85. The zero-order valence-corrected chi connectivity index (χ0v) is 11.2. The summed E-state index contributed by atoms with van der Waals surface area (Å²) in [6.07, 6.45) is 4.78. The summed E-state index contributed by atoms with van der Waals surface area (Å²) in [5.74, 6) is 0.230. The van der Waals surface area contributed by atoms with Crippen molar-refractivity contribution in [1.29, 1.82) is 0 Å². The molecule has 6 nitrogen and oxygen atoms in total. The minimum Gasteiger partial charge on any atom is -0.394 e. The standard InChI is InChI=1S/C11H18N4O2S/c1-2-8(5-16)13-10(17)6-18-11-14-12-7-15(11)9-3-4-9/h7-9,16H,2-6H2,1H3,(H,13,17)/t8-/m1/s1. The lowest BCUT2D eigenvalue weighted by molar-refractivity contribution is -0.119. The Bertz CT molecular complexity index is 402. The van der Waals surface area contributed by atoms with E-state index < -0.39 is 0 Å². The lowest BCUT2D eigenvalue weighted by Gasteiger charge is -2.13. The lowest BCUT2D eigenvalue weighted by atomic mass is 10.2. The Hall–Kier alpha value is -1.08. The fraction of sp³-hybridized carbons (Fsp3) is 0.727. The number of carbonyl (C=O) groups excluding carboxylic acids is 1. The van der Waals surface area contributed by atoms with Crippen molar-refractivity contribution in [3.63, 3.8) is 0 Å². The van der Waals surface area contributed by atoms with Gasteiger partial charge in [-0.15, -0.1) is 10.2 Å². The second-order valence-corrected chi connectivity index (χ2v) is 5.34. The van der Waals surface area contributed by atoms with Gasteiger partial charge in [-0.25, -0.2) is 0 Å². The number of nitrogens with one attached hydrogen (secondary N) is 1. The summed E-state index contributed by atoms with van der Waals surface area (Å²) in [6, 6.07) is 0.366. The molecule has 0 bridgehead atoms. The van der Waals surface area contributed by atoms with Gasteiger partial charge in [0.25, 0.3) is 0 Å². The average Bonchev–Trinajstić information content (AvgIpc) is 3.12. The summed E-state index contributed by atoms with van der Waals surface area (Å²) in [7, 11) is 0. The molecule has 0 spiro atoms. The fourth-order valence-electron chi connectivity index (χ4n) is 1.61. The van der Waals surface area contributed by atoms with Gasteiger partial charge >= 0.3 is 0 Å². The number of aliphatic hydroxyl groups is 1. The van der Waals surface area contributed by atoms with Gasteiger partial charge in [0.05, 0.1) is 18.4 Å². The van der Waals surface area contributed by atoms with Gasteiger partial charge in [0.15, 0.2) is 5.16 Å². The molecular formula is C11H18N4O2S. The van der Waals surface area contributed by atoms with Crippen molar-refractivity contribution in [1.82, 2.24) is 20.1 Å². The van der Waals surface area contributed by atoms with Crippen molar-refractivity contribution < 1.29 is 9.90 Å². The van der Waals surface area contributed by atoms with Crippen LogP contribution in [0.15, 0.2) is 11.5 Å². The van der Waals surface area contributed by atoms with Crippen LogP contribution in [0, 0.1) is 0 Å². The Morgan fingerprint density at radius 2 is 2.50 bits per heavy atom. The number of aliphatic hydroxyl groups excluding tert-OH is 1. The molecule has 1 atom stereocenters. The zero-order chi connectivity index (χ0) is 13.0. The number of nitrogens with zero attached hydrogens (tertiary/aromatic N) is 3. The lowest BCUT2D eigenvalue weighted by Crippen LogP contribution is -2.38. The van der Waals surface area contributed by atoms with Crippen LogP contribution < -0.4 is 5.32 Å². The molecule has 1 aromatic heterocycles. The van der Waals surface area contributed by atoms with Gasteiger partial charge in [0, 0.05) is 6.04 Å². The molecule has 100 valence electrons. The molecule has 2 rings (SSSR count). The molecule has 1 amide bonds. The minimum absolute atomic E-state index is 0.0227. The quantitative estimate of drug-likeness (QED) is 0.709. The molecule has 1 aliphatic rings. The van der Waals surface area contributed by atoms with Gasteiger partial charge in [-0.3, -0.25) is 4.79 Å². The topological polar surface area (TPSA) is 80.0 Å². The third kappa shape index (κ3) is 3.46. The molecule has 1 aliphatic carbocycles. The maximum Gasteiger partial charge on any atom is 0.230 e. The number of rotatable bonds is 7. The highest BCUT2D eigenvalue weighted by Crippen LogP contribution is 2.37. The highest BCUT2D eigenvalue weighted by atomic mass is 32.2. The highest BCUT2D eigenvalue weighted by Gasteiger charge is 2.26. The normalized spacial score (nSPS) is 16.6. The van der Waals surface area contributed by atoms with Crippen LogP contribution in [0.2, 0.25) is 0 Å². The SMILES string of the molecule is CC[C@H](CO)NC(=O)CSc1nncn1C1CC1. The zero-order valence-electron chi connectivity index (χ0n) is 10.4. The molecule has 2 N–H and O–H groups in total. The molecule has 0 unspecified atom stereocenters. The Kier molecular flexibility index (Phi) is 4.60. The molecule has 1 heterocycles. The number of hydrogen-bond donors (Lipinski definition) is 2. The van der Waals surface area contributed by atoms with Crippen molar-refractivity contribution in [3.05, 3.63) is 6.33 Å². The van der Waals surface area contributed by atoms with E-state index in [4.69, 9.17) is 5.11 Å². The van der Waals surface area contributed by atoms with Crippen LogP contribution in [-0.2, 0) is 4.79 Å². The fourth-order valence-corrected chi connectivity index (χ4v) is 2.41. The van der Waals surface area contributed by atoms with Crippen LogP contribution in [0.4, 0.5) is 0 Å². The summed E-state index contributed by atoms with van der Waals surface area (Å²) in [4.78, 5) is 11.7. The van der Waals surface area contributed by atoms with Crippen LogP contribution in [0.3, 0.4) is 0 Å². The van der Waals surface area contributed by atoms with E-state index in [1.807, 2.05) is 11.5 Å². The Balaban J connectivity index is 1.80. The van der Waals surface area contributed by atoms with Crippen LogP contribution in [-0.4, -0.2) is 44.2 Å². The number of aromatic nitrogens is 3. The van der Waals surface area contributed by atoms with E-state index in [0.29, 0.717) is 11.8 Å². The first-order valence-corrected chi connectivity index (χ1v) is 7.15. The summed E-state index contributed by atoms with van der Waals surface area (Å²) in [5.41, 5.74) is 0. The van der Waals surface area contributed by atoms with Crippen LogP contribution in [0.1, 0.15) is 32.2 Å². The van der Waals surface area contributed by atoms with Crippen LogP contribution >= 0.6 is 11.8 Å². The van der Waals surface area contributed by atoms with Gasteiger partial charge in [-0.05, 0) is 19.3 Å². The number of hydrogen-bond acceptors (Lipinski definition) is 5. The highest BCUT2D eigenvalue weighted by molar-refractivity contribution is 7.99. The van der Waals surface area contributed by atoms with Gasteiger partial charge in [0.2, 0.25) is 5.91 Å². The van der Waals surface area contributed by atoms with Gasteiger partial charge in [0.1, 0.15) is 6.33 Å². The van der Waals surface area contributed by atoms with Gasteiger partial charge in [-0.2, -0.15) is 0 Å². The summed E-state index contributed by atoms with van der Waals surface area (Å²) < 4.78 is 2.03. The summed E-state index contributed by atoms with van der Waals surface area (Å²) in [5, 5.41) is 20.5. The largest absolute Gasteiger partial charge is 0.394 e. The molecule has 1 fully saturated rings. The van der Waals surface area contributed by atoms with Gasteiger partial charge in [-0.1, -0.05) is 18.7 Å². The van der Waals surface area contributed by atoms with Crippen molar-refractivity contribution >= 4 is 17.7 Å². The molecule has 0 saturated heterocycles. The molecule has 7 heteroatoms. The molecule has 0 aromatic carbocycles.